The zero-order chi connectivity index (χ0) is 15.0. The molecule has 2 N–H and O–H groups in total. The summed E-state index contributed by atoms with van der Waals surface area (Å²) in [6, 6.07) is 7.54. The first kappa shape index (κ1) is 13.2. The Labute approximate surface area is 118 Å². The van der Waals surface area contributed by atoms with Crippen LogP contribution >= 0.6 is 0 Å². The minimum atomic E-state index is -1.37. The van der Waals surface area contributed by atoms with Crippen LogP contribution in [0.5, 0.6) is 5.75 Å². The number of benzene rings is 1. The second-order valence-corrected chi connectivity index (χ2v) is 4.81. The average molecular weight is 288 g/mol. The van der Waals surface area contributed by atoms with Crippen molar-refractivity contribution < 1.29 is 14.6 Å². The van der Waals surface area contributed by atoms with Crippen molar-refractivity contribution in [2.45, 2.75) is 19.1 Å². The maximum absolute atomic E-state index is 11.7. The van der Waals surface area contributed by atoms with Gasteiger partial charge in [0, 0.05) is 12.6 Å². The first-order valence-electron chi connectivity index (χ1n) is 6.36. The predicted octanol–water partition coefficient (Wildman–Crippen LogP) is 0.238. The van der Waals surface area contributed by atoms with E-state index in [0.29, 0.717) is 6.42 Å². The summed E-state index contributed by atoms with van der Waals surface area (Å²) >= 11 is 0. The molecule has 1 unspecified atom stereocenters. The second-order valence-electron chi connectivity index (χ2n) is 4.81. The molecule has 0 saturated heterocycles. The lowest BCUT2D eigenvalue weighted by Gasteiger charge is -2.12. The van der Waals surface area contributed by atoms with E-state index in [4.69, 9.17) is 9.84 Å². The fourth-order valence-electron chi connectivity index (χ4n) is 2.37. The molecule has 1 aliphatic rings. The van der Waals surface area contributed by atoms with Gasteiger partial charge in [0.15, 0.2) is 0 Å². The molecule has 2 aromatic rings. The number of fused-ring (bicyclic) bond motifs is 1. The van der Waals surface area contributed by atoms with E-state index >= 15 is 0 Å². The molecule has 7 heteroatoms. The molecule has 0 spiro atoms. The molecule has 1 aliphatic heterocycles. The van der Waals surface area contributed by atoms with E-state index in [1.54, 1.807) is 0 Å². The number of nitrogens with zero attached hydrogens (tertiary/aromatic N) is 1. The minimum absolute atomic E-state index is 0.171. The highest BCUT2D eigenvalue weighted by molar-refractivity contribution is 5.86. The summed E-state index contributed by atoms with van der Waals surface area (Å²) in [4.78, 5) is 36.0. The van der Waals surface area contributed by atoms with Crippen molar-refractivity contribution in [1.29, 1.82) is 0 Å². The lowest BCUT2D eigenvalue weighted by atomic mass is 10.1. The van der Waals surface area contributed by atoms with Crippen LogP contribution in [0.1, 0.15) is 15.9 Å². The summed E-state index contributed by atoms with van der Waals surface area (Å²) in [5, 5.41) is 8.92. The van der Waals surface area contributed by atoms with Crippen LogP contribution in [0, 0.1) is 0 Å². The molecular weight excluding hydrogens is 276 g/mol. The molecule has 0 bridgehead atoms. The number of hydrogen-bond donors (Lipinski definition) is 2. The van der Waals surface area contributed by atoms with E-state index in [-0.39, 0.29) is 12.6 Å². The highest BCUT2D eigenvalue weighted by atomic mass is 16.5. The molecular formula is C14H12N2O5. The van der Waals surface area contributed by atoms with Crippen molar-refractivity contribution in [2.24, 2.45) is 0 Å². The summed E-state index contributed by atoms with van der Waals surface area (Å²) in [5.41, 5.74) is -0.979. The van der Waals surface area contributed by atoms with Crippen molar-refractivity contribution >= 4 is 5.97 Å². The zero-order valence-corrected chi connectivity index (χ0v) is 10.9. The van der Waals surface area contributed by atoms with Crippen LogP contribution < -0.4 is 16.0 Å². The fourth-order valence-corrected chi connectivity index (χ4v) is 2.37. The molecule has 0 fully saturated rings. The molecule has 1 aromatic carbocycles. The molecule has 21 heavy (non-hydrogen) atoms. The fraction of sp³-hybridized carbons (Fsp3) is 0.214. The Morgan fingerprint density at radius 1 is 1.38 bits per heavy atom. The molecule has 1 aromatic heterocycles. The number of aromatic nitrogens is 2. The maximum atomic E-state index is 11.7. The molecule has 0 amide bonds. The number of ether oxygens (including phenoxy) is 1. The van der Waals surface area contributed by atoms with E-state index in [0.717, 1.165) is 22.1 Å². The molecule has 2 heterocycles. The predicted molar refractivity (Wildman–Crippen MR) is 72.8 cm³/mol. The third-order valence-electron chi connectivity index (χ3n) is 3.36. The van der Waals surface area contributed by atoms with Gasteiger partial charge in [0.2, 0.25) is 0 Å². The van der Waals surface area contributed by atoms with Gasteiger partial charge >= 0.3 is 11.7 Å². The van der Waals surface area contributed by atoms with Gasteiger partial charge in [-0.2, -0.15) is 0 Å². The topological polar surface area (TPSA) is 101 Å². The van der Waals surface area contributed by atoms with Crippen LogP contribution in [0.25, 0.3) is 0 Å². The Morgan fingerprint density at radius 2 is 2.14 bits per heavy atom. The number of nitrogens with one attached hydrogen (secondary N) is 1. The lowest BCUT2D eigenvalue weighted by molar-refractivity contribution is 0.0693. The van der Waals surface area contributed by atoms with E-state index in [1.165, 1.54) is 0 Å². The summed E-state index contributed by atoms with van der Waals surface area (Å²) in [7, 11) is 0. The Hall–Kier alpha value is -2.83. The van der Waals surface area contributed by atoms with E-state index in [9.17, 15) is 14.4 Å². The third kappa shape index (κ3) is 2.45. The monoisotopic (exact) mass is 288 g/mol. The average Bonchev–Trinajstić information content (AvgIpc) is 2.83. The summed E-state index contributed by atoms with van der Waals surface area (Å²) < 4.78 is 6.85. The number of carboxylic acid groups (broad SMARTS) is 1. The van der Waals surface area contributed by atoms with Crippen molar-refractivity contribution in [2.75, 3.05) is 0 Å². The molecule has 3 rings (SSSR count). The Balaban J connectivity index is 1.87. The normalized spacial score (nSPS) is 16.3. The number of H-pyrrole nitrogens is 1. The van der Waals surface area contributed by atoms with E-state index < -0.39 is 22.8 Å². The number of aromatic carboxylic acids is 1. The third-order valence-corrected chi connectivity index (χ3v) is 3.36. The highest BCUT2D eigenvalue weighted by Crippen LogP contribution is 2.28. The van der Waals surface area contributed by atoms with Gasteiger partial charge in [-0.05, 0) is 11.6 Å². The Kier molecular flexibility index (Phi) is 3.09. The first-order chi connectivity index (χ1) is 10.0. The van der Waals surface area contributed by atoms with Crippen molar-refractivity contribution in [3.63, 3.8) is 0 Å². The van der Waals surface area contributed by atoms with Crippen molar-refractivity contribution in [3.05, 3.63) is 62.4 Å². The van der Waals surface area contributed by atoms with Gasteiger partial charge in [0.25, 0.3) is 5.56 Å². The quantitative estimate of drug-likeness (QED) is 0.842. The van der Waals surface area contributed by atoms with Crippen LogP contribution in [0.4, 0.5) is 0 Å². The van der Waals surface area contributed by atoms with Gasteiger partial charge in [-0.1, -0.05) is 18.2 Å². The number of carbonyl (C=O) groups is 1. The lowest BCUT2D eigenvalue weighted by Crippen LogP contribution is -2.36. The van der Waals surface area contributed by atoms with Crippen LogP contribution in [-0.4, -0.2) is 26.7 Å². The number of carboxylic acids is 1. The largest absolute Gasteiger partial charge is 0.488 e. The van der Waals surface area contributed by atoms with Crippen LogP contribution in [-0.2, 0) is 13.0 Å². The number of aromatic amines is 1. The molecule has 0 saturated carbocycles. The van der Waals surface area contributed by atoms with Gasteiger partial charge in [-0.15, -0.1) is 0 Å². The van der Waals surface area contributed by atoms with Gasteiger partial charge in [0.1, 0.15) is 17.4 Å². The molecule has 0 aliphatic carbocycles. The van der Waals surface area contributed by atoms with Crippen molar-refractivity contribution in [1.82, 2.24) is 9.55 Å². The van der Waals surface area contributed by atoms with Crippen molar-refractivity contribution in [3.8, 4) is 5.75 Å². The molecule has 0 radical (unpaired) electrons. The van der Waals surface area contributed by atoms with Crippen LogP contribution in [0.2, 0.25) is 0 Å². The van der Waals surface area contributed by atoms with Crippen LogP contribution in [0.15, 0.2) is 40.1 Å². The van der Waals surface area contributed by atoms with E-state index in [1.807, 2.05) is 29.2 Å². The smallest absolute Gasteiger partial charge is 0.342 e. The Morgan fingerprint density at radius 3 is 2.86 bits per heavy atom. The molecule has 7 nitrogen and oxygen atoms in total. The standard InChI is InChI=1S/C14H12N2O5/c17-12-10(13(18)19)7-16(14(20)15-12)6-9-5-8-3-1-2-4-11(8)21-9/h1-4,7,9H,5-6H2,(H,18,19)(H,15,17,20). The number of rotatable bonds is 3. The minimum Gasteiger partial charge on any atom is -0.488 e. The summed E-state index contributed by atoms with van der Waals surface area (Å²) in [5.74, 6) is -0.612. The van der Waals surface area contributed by atoms with Crippen LogP contribution in [0.3, 0.4) is 0 Å². The summed E-state index contributed by atoms with van der Waals surface area (Å²) in [6.07, 6.45) is 1.41. The SMILES string of the molecule is O=C(O)c1cn(CC2Cc3ccccc3O2)c(=O)[nH]c1=O. The van der Waals surface area contributed by atoms with E-state index in [2.05, 4.69) is 0 Å². The Bertz CT molecular complexity index is 796. The van der Waals surface area contributed by atoms with Gasteiger partial charge < -0.3 is 9.84 Å². The van der Waals surface area contributed by atoms with Gasteiger partial charge in [0.05, 0.1) is 6.54 Å². The van der Waals surface area contributed by atoms with Gasteiger partial charge in [-0.3, -0.25) is 14.3 Å². The zero-order valence-electron chi connectivity index (χ0n) is 10.9. The van der Waals surface area contributed by atoms with Gasteiger partial charge in [-0.25, -0.2) is 9.59 Å². The maximum Gasteiger partial charge on any atom is 0.342 e. The molecule has 1 atom stereocenters. The number of para-hydroxylation sites is 1. The molecule has 108 valence electrons. The first-order valence-corrected chi connectivity index (χ1v) is 6.36. The second kappa shape index (κ2) is 4.93. The summed E-state index contributed by atoms with van der Waals surface area (Å²) in [6.45, 7) is 0.171. The number of hydrogen-bond acceptors (Lipinski definition) is 4. The highest BCUT2D eigenvalue weighted by Gasteiger charge is 2.23.